The minimum atomic E-state index is 0.498. The van der Waals surface area contributed by atoms with Gasteiger partial charge < -0.3 is 14.5 Å². The predicted octanol–water partition coefficient (Wildman–Crippen LogP) is 12.4. The molecule has 2 aromatic rings. The van der Waals surface area contributed by atoms with Gasteiger partial charge in [0.1, 0.15) is 0 Å². The van der Waals surface area contributed by atoms with Gasteiger partial charge in [0.2, 0.25) is 0 Å². The maximum atomic E-state index is 6.55. The van der Waals surface area contributed by atoms with E-state index in [1.54, 1.807) is 0 Å². The van der Waals surface area contributed by atoms with Crippen LogP contribution in [0.1, 0.15) is 129 Å². The van der Waals surface area contributed by atoms with E-state index < -0.39 is 0 Å². The Hall–Kier alpha value is -1.88. The molecule has 2 fully saturated rings. The lowest BCUT2D eigenvalue weighted by Gasteiger charge is -2.50. The highest BCUT2D eigenvalue weighted by Gasteiger charge is 2.43. The molecule has 5 heteroatoms. The number of benzene rings is 2. The topological polar surface area (TPSA) is 18.5 Å². The van der Waals surface area contributed by atoms with Gasteiger partial charge in [-0.25, -0.2) is 0 Å². The van der Waals surface area contributed by atoms with Crippen molar-refractivity contribution in [2.24, 2.45) is 29.6 Å². The van der Waals surface area contributed by atoms with E-state index in [1.807, 2.05) is 39.6 Å². The molecule has 3 aliphatic heterocycles. The highest BCUT2D eigenvalue weighted by Crippen LogP contribution is 2.48. The van der Waals surface area contributed by atoms with Crippen LogP contribution in [-0.2, 0) is 12.8 Å². The Morgan fingerprint density at radius 1 is 0.920 bits per heavy atom. The van der Waals surface area contributed by atoms with Crippen molar-refractivity contribution >= 4 is 34.9 Å². The van der Waals surface area contributed by atoms with E-state index in [2.05, 4.69) is 97.3 Å². The zero-order chi connectivity index (χ0) is 36.2. The lowest BCUT2D eigenvalue weighted by atomic mass is 9.60. The van der Waals surface area contributed by atoms with Crippen molar-refractivity contribution in [2.45, 2.75) is 124 Å². The second-order valence-corrected chi connectivity index (χ2v) is 16.8. The fourth-order valence-electron chi connectivity index (χ4n) is 8.77. The summed E-state index contributed by atoms with van der Waals surface area (Å²) in [6.07, 6.45) is 16.4. The third-order valence-electron chi connectivity index (χ3n) is 11.9. The first kappa shape index (κ1) is 40.9. The molecule has 3 heterocycles. The van der Waals surface area contributed by atoms with E-state index in [4.69, 9.17) is 11.6 Å². The van der Waals surface area contributed by atoms with Crippen LogP contribution in [0.2, 0.25) is 5.02 Å². The maximum absolute atomic E-state index is 6.55. The first-order chi connectivity index (χ1) is 24.3. The largest absolute Gasteiger partial charge is 0.370 e. The van der Waals surface area contributed by atoms with Crippen LogP contribution in [0.15, 0.2) is 55.1 Å². The third-order valence-corrected chi connectivity index (χ3v) is 13.4. The van der Waals surface area contributed by atoms with Crippen molar-refractivity contribution in [3.63, 3.8) is 0 Å². The van der Waals surface area contributed by atoms with Crippen LogP contribution in [0.3, 0.4) is 0 Å². The molecule has 2 bridgehead atoms. The third kappa shape index (κ3) is 10.4. The van der Waals surface area contributed by atoms with Crippen molar-refractivity contribution < 1.29 is 0 Å². The predicted molar refractivity (Wildman–Crippen MR) is 225 cm³/mol. The van der Waals surface area contributed by atoms with Crippen LogP contribution in [0.5, 0.6) is 0 Å². The Labute approximate surface area is 317 Å². The molecule has 0 spiro atoms. The van der Waals surface area contributed by atoms with E-state index in [0.717, 1.165) is 61.3 Å². The van der Waals surface area contributed by atoms with Gasteiger partial charge in [0, 0.05) is 47.2 Å². The van der Waals surface area contributed by atoms with Crippen molar-refractivity contribution in [3.8, 4) is 0 Å². The smallest absolute Gasteiger partial charge is 0.0441 e. The number of halogens is 1. The summed E-state index contributed by atoms with van der Waals surface area (Å²) in [6, 6.07) is 13.9. The lowest BCUT2D eigenvalue weighted by Crippen LogP contribution is -2.49. The van der Waals surface area contributed by atoms with Crippen LogP contribution in [0.25, 0.3) is 5.70 Å². The van der Waals surface area contributed by atoms with Crippen LogP contribution < -0.4 is 9.62 Å². The molecule has 1 saturated carbocycles. The number of likely N-dealkylation sites (tertiary alicyclic amines) is 1. The standard InChI is InChI=1S/C41H58ClN3S.2C2H6/c1-6-11-34-23-37(42)18-19-38(34)36-17-15-32-14-16-33-24-41(32)45(26-36)27-40-29(3)22-39(40)35(25-44-20-8-7-9-21-44)13-10-12-28(2)31(5)46-43-30(33)4;2*1-2/h10,13-14,16,18-19,23-24,28-29,31,35-36,39-40,43H,4,6-9,11-12,15,17,20-22,25-27H2,1-3,5H3;2*1-2H3/b13-10+;;. The second-order valence-electron chi connectivity index (χ2n) is 15.2. The van der Waals surface area contributed by atoms with Gasteiger partial charge in [-0.05, 0) is 140 Å². The van der Waals surface area contributed by atoms with Crippen molar-refractivity contribution in [1.82, 2.24) is 9.62 Å². The van der Waals surface area contributed by atoms with Crippen molar-refractivity contribution in [1.29, 1.82) is 0 Å². The minimum Gasteiger partial charge on any atom is -0.370 e. The van der Waals surface area contributed by atoms with Gasteiger partial charge in [0.25, 0.3) is 0 Å². The summed E-state index contributed by atoms with van der Waals surface area (Å²) in [7, 11) is 0. The molecule has 0 amide bonds. The zero-order valence-corrected chi connectivity index (χ0v) is 34.5. The molecular formula is C45H70ClN3S. The molecule has 4 aliphatic rings. The van der Waals surface area contributed by atoms with Gasteiger partial charge in [-0.3, -0.25) is 0 Å². The van der Waals surface area contributed by atoms with Gasteiger partial charge in [0.15, 0.2) is 0 Å². The summed E-state index contributed by atoms with van der Waals surface area (Å²) in [4.78, 5) is 5.60. The van der Waals surface area contributed by atoms with Crippen LogP contribution in [-0.4, -0.2) is 42.9 Å². The van der Waals surface area contributed by atoms with Crippen molar-refractivity contribution in [3.05, 3.63) is 82.4 Å². The van der Waals surface area contributed by atoms with E-state index >= 15 is 0 Å². The minimum absolute atomic E-state index is 0.498. The first-order valence-electron chi connectivity index (χ1n) is 20.5. The molecule has 278 valence electrons. The van der Waals surface area contributed by atoms with Crippen molar-refractivity contribution in [2.75, 3.05) is 37.6 Å². The summed E-state index contributed by atoms with van der Waals surface area (Å²) in [5, 5.41) is 1.37. The van der Waals surface area contributed by atoms with E-state index in [0.29, 0.717) is 28.9 Å². The monoisotopic (exact) mass is 719 g/mol. The summed E-state index contributed by atoms with van der Waals surface area (Å²) in [5.41, 5.74) is 8.14. The number of nitrogens with zero attached hydrogens (tertiary/aromatic N) is 2. The zero-order valence-electron chi connectivity index (χ0n) is 32.9. The summed E-state index contributed by atoms with van der Waals surface area (Å²) in [5.74, 6) is 3.95. The molecule has 1 saturated heterocycles. The molecule has 2 aromatic carbocycles. The summed E-state index contributed by atoms with van der Waals surface area (Å²) >= 11 is 8.39. The first-order valence-corrected chi connectivity index (χ1v) is 21.7. The molecule has 0 aromatic heterocycles. The Balaban J connectivity index is 0.00000136. The molecule has 7 unspecified atom stereocenters. The second kappa shape index (κ2) is 20.4. The number of fused-ring (bicyclic) bond motifs is 2. The molecule has 50 heavy (non-hydrogen) atoms. The molecule has 7 atom stereocenters. The summed E-state index contributed by atoms with van der Waals surface area (Å²) in [6.45, 7) is 28.1. The highest BCUT2D eigenvalue weighted by atomic mass is 35.5. The van der Waals surface area contributed by atoms with E-state index in [9.17, 15) is 0 Å². The number of rotatable bonds is 5. The molecule has 1 N–H and O–H groups in total. The quantitative estimate of drug-likeness (QED) is 0.245. The van der Waals surface area contributed by atoms with Gasteiger partial charge in [-0.1, -0.05) is 117 Å². The van der Waals surface area contributed by atoms with E-state index in [-0.39, 0.29) is 0 Å². The van der Waals surface area contributed by atoms with Gasteiger partial charge >= 0.3 is 0 Å². The normalized spacial score (nSPS) is 29.4. The average molecular weight is 721 g/mol. The number of anilines is 1. The molecule has 1 aliphatic carbocycles. The molecular weight excluding hydrogens is 650 g/mol. The maximum Gasteiger partial charge on any atom is 0.0441 e. The van der Waals surface area contributed by atoms with Gasteiger partial charge in [-0.2, -0.15) is 0 Å². The Bertz CT molecular complexity index is 1370. The Kier molecular flexibility index (Phi) is 16.7. The SMILES string of the molecule is C=C1NSC(C)C(C)C/C=C/C(CN2CCCCC2)C2CC(C)C2CN2CC(c3ccc(Cl)cc3CCC)CCc3ccc1cc32.CC.CC. The molecule has 6 rings (SSSR count). The highest BCUT2D eigenvalue weighted by molar-refractivity contribution is 7.98. The number of piperidine rings is 1. The Morgan fingerprint density at radius 3 is 2.40 bits per heavy atom. The summed E-state index contributed by atoms with van der Waals surface area (Å²) < 4.78 is 3.66. The molecule has 3 nitrogen and oxygen atoms in total. The van der Waals surface area contributed by atoms with Gasteiger partial charge in [0.05, 0.1) is 0 Å². The number of hydrogen-bond donors (Lipinski definition) is 1. The van der Waals surface area contributed by atoms with Crippen LogP contribution >= 0.6 is 23.5 Å². The fraction of sp³-hybridized carbons (Fsp3) is 0.644. The number of nitrogens with one attached hydrogen (secondary N) is 1. The Morgan fingerprint density at radius 2 is 1.68 bits per heavy atom. The number of allylic oxidation sites excluding steroid dienone is 1. The van der Waals surface area contributed by atoms with Crippen LogP contribution in [0, 0.1) is 29.6 Å². The fourth-order valence-corrected chi connectivity index (χ4v) is 9.76. The number of hydrogen-bond acceptors (Lipinski definition) is 4. The van der Waals surface area contributed by atoms with Gasteiger partial charge in [-0.15, -0.1) is 0 Å². The lowest BCUT2D eigenvalue weighted by molar-refractivity contribution is 0.0378. The molecule has 0 radical (unpaired) electrons. The van der Waals surface area contributed by atoms with E-state index in [1.165, 1.54) is 79.7 Å². The number of aryl methyl sites for hydroxylation is 2. The van der Waals surface area contributed by atoms with Crippen LogP contribution in [0.4, 0.5) is 5.69 Å². The average Bonchev–Trinajstić information content (AvgIpc) is 3.32.